The maximum absolute atomic E-state index is 13.3. The van der Waals surface area contributed by atoms with E-state index in [1.807, 2.05) is 31.2 Å². The van der Waals surface area contributed by atoms with Crippen molar-refractivity contribution >= 4 is 35.1 Å². The SMILES string of the molecule is COCc1cc(C)ccc1N1CCN(c2ccc3c(c2)CN(C2CCC(=O)NC2=O)C3=O)C1=O. The van der Waals surface area contributed by atoms with Crippen molar-refractivity contribution in [3.8, 4) is 0 Å². The minimum absolute atomic E-state index is 0.132. The number of ether oxygens (including phenoxy) is 1. The van der Waals surface area contributed by atoms with Crippen molar-refractivity contribution in [2.75, 3.05) is 30.0 Å². The molecule has 2 fully saturated rings. The molecule has 3 aliphatic rings. The molecular formula is C25H26N4O5. The van der Waals surface area contributed by atoms with Gasteiger partial charge < -0.3 is 9.64 Å². The van der Waals surface area contributed by atoms with Gasteiger partial charge in [0.2, 0.25) is 11.8 Å². The van der Waals surface area contributed by atoms with E-state index in [4.69, 9.17) is 4.74 Å². The minimum Gasteiger partial charge on any atom is -0.380 e. The quantitative estimate of drug-likeness (QED) is 0.688. The average molecular weight is 463 g/mol. The van der Waals surface area contributed by atoms with Crippen molar-refractivity contribution in [3.05, 3.63) is 58.7 Å². The van der Waals surface area contributed by atoms with E-state index >= 15 is 0 Å². The Bertz CT molecular complexity index is 1210. The van der Waals surface area contributed by atoms with Gasteiger partial charge in [-0.25, -0.2) is 4.79 Å². The maximum Gasteiger partial charge on any atom is 0.329 e. The van der Waals surface area contributed by atoms with Crippen LogP contribution in [0.15, 0.2) is 36.4 Å². The number of methoxy groups -OCH3 is 1. The summed E-state index contributed by atoms with van der Waals surface area (Å²) in [5.74, 6) is -0.978. The number of hydrogen-bond acceptors (Lipinski definition) is 5. The summed E-state index contributed by atoms with van der Waals surface area (Å²) in [5.41, 5.74) is 4.90. The molecule has 176 valence electrons. The highest BCUT2D eigenvalue weighted by atomic mass is 16.5. The molecule has 0 saturated carbocycles. The molecule has 5 rings (SSSR count). The van der Waals surface area contributed by atoms with Gasteiger partial charge in [0, 0.05) is 50.0 Å². The number of nitrogens with zero attached hydrogens (tertiary/aromatic N) is 3. The van der Waals surface area contributed by atoms with Gasteiger partial charge >= 0.3 is 6.03 Å². The molecule has 3 heterocycles. The van der Waals surface area contributed by atoms with Crippen LogP contribution >= 0.6 is 0 Å². The Kier molecular flexibility index (Phi) is 5.57. The van der Waals surface area contributed by atoms with Crippen LogP contribution in [0.2, 0.25) is 0 Å². The van der Waals surface area contributed by atoms with Crippen molar-refractivity contribution < 1.29 is 23.9 Å². The predicted molar refractivity (Wildman–Crippen MR) is 124 cm³/mol. The van der Waals surface area contributed by atoms with E-state index in [0.717, 1.165) is 22.4 Å². The van der Waals surface area contributed by atoms with Crippen molar-refractivity contribution in [3.63, 3.8) is 0 Å². The van der Waals surface area contributed by atoms with Crippen LogP contribution in [-0.2, 0) is 27.5 Å². The van der Waals surface area contributed by atoms with Crippen molar-refractivity contribution in [1.82, 2.24) is 10.2 Å². The molecule has 1 atom stereocenters. The number of benzene rings is 2. The van der Waals surface area contributed by atoms with Gasteiger partial charge in [-0.2, -0.15) is 0 Å². The molecule has 2 saturated heterocycles. The molecule has 5 amide bonds. The predicted octanol–water partition coefficient (Wildman–Crippen LogP) is 2.35. The number of urea groups is 1. The summed E-state index contributed by atoms with van der Waals surface area (Å²) in [6.45, 7) is 3.75. The lowest BCUT2D eigenvalue weighted by atomic mass is 10.0. The molecule has 9 heteroatoms. The highest BCUT2D eigenvalue weighted by Gasteiger charge is 2.40. The molecule has 2 aromatic carbocycles. The normalized spacial score (nSPS) is 20.3. The van der Waals surface area contributed by atoms with Crippen LogP contribution in [0.3, 0.4) is 0 Å². The number of nitrogens with one attached hydrogen (secondary N) is 1. The highest BCUT2D eigenvalue weighted by Crippen LogP contribution is 2.33. The van der Waals surface area contributed by atoms with Gasteiger partial charge in [-0.15, -0.1) is 0 Å². The molecular weight excluding hydrogens is 436 g/mol. The zero-order valence-electron chi connectivity index (χ0n) is 19.2. The van der Waals surface area contributed by atoms with Crippen LogP contribution < -0.4 is 15.1 Å². The molecule has 1 unspecified atom stereocenters. The molecule has 0 aromatic heterocycles. The van der Waals surface area contributed by atoms with E-state index in [9.17, 15) is 19.2 Å². The van der Waals surface area contributed by atoms with Gasteiger partial charge in [0.15, 0.2) is 0 Å². The summed E-state index contributed by atoms with van der Waals surface area (Å²) in [6, 6.07) is 10.5. The summed E-state index contributed by atoms with van der Waals surface area (Å²) in [5, 5.41) is 2.31. The molecule has 0 bridgehead atoms. The first-order chi connectivity index (χ1) is 16.4. The van der Waals surface area contributed by atoms with Gasteiger partial charge in [-0.1, -0.05) is 17.7 Å². The van der Waals surface area contributed by atoms with Crippen LogP contribution in [-0.4, -0.2) is 54.9 Å². The molecule has 34 heavy (non-hydrogen) atoms. The van der Waals surface area contributed by atoms with Gasteiger partial charge in [0.05, 0.1) is 12.3 Å². The number of piperidine rings is 1. The summed E-state index contributed by atoms with van der Waals surface area (Å²) in [4.78, 5) is 55.0. The topological polar surface area (TPSA) is 99.3 Å². The number of amides is 5. The Morgan fingerprint density at radius 2 is 1.82 bits per heavy atom. The number of carbonyl (C=O) groups is 4. The second kappa shape index (κ2) is 8.57. The smallest absolute Gasteiger partial charge is 0.329 e. The fourth-order valence-corrected chi connectivity index (χ4v) is 4.98. The lowest BCUT2D eigenvalue weighted by molar-refractivity contribution is -0.136. The van der Waals surface area contributed by atoms with E-state index < -0.39 is 11.9 Å². The van der Waals surface area contributed by atoms with E-state index in [1.54, 1.807) is 29.0 Å². The standard InChI is InChI=1S/C25H26N4O5/c1-15-3-6-20(17(11-15)14-34-2)28-10-9-27(25(28)33)18-4-5-19-16(12-18)13-29(24(19)32)21-7-8-22(30)26-23(21)31/h3-6,11-12,21H,7-10,13-14H2,1-2H3,(H,26,30,31). The van der Waals surface area contributed by atoms with Crippen LogP contribution in [0.25, 0.3) is 0 Å². The largest absolute Gasteiger partial charge is 0.380 e. The Hall–Kier alpha value is -3.72. The summed E-state index contributed by atoms with van der Waals surface area (Å²) in [6.07, 6.45) is 0.529. The number of rotatable bonds is 5. The lowest BCUT2D eigenvalue weighted by Crippen LogP contribution is -2.52. The first-order valence-corrected chi connectivity index (χ1v) is 11.3. The number of fused-ring (bicyclic) bond motifs is 1. The van der Waals surface area contributed by atoms with Crippen LogP contribution in [0, 0.1) is 6.92 Å². The van der Waals surface area contributed by atoms with Gasteiger partial charge in [-0.3, -0.25) is 29.5 Å². The van der Waals surface area contributed by atoms with E-state index in [0.29, 0.717) is 37.4 Å². The Morgan fingerprint density at radius 1 is 1.03 bits per heavy atom. The number of imide groups is 1. The Morgan fingerprint density at radius 3 is 2.59 bits per heavy atom. The zero-order chi connectivity index (χ0) is 24.0. The van der Waals surface area contributed by atoms with Crippen molar-refractivity contribution in [1.29, 1.82) is 0 Å². The van der Waals surface area contributed by atoms with Crippen LogP contribution in [0.4, 0.5) is 16.2 Å². The van der Waals surface area contributed by atoms with Crippen LogP contribution in [0.1, 0.15) is 39.9 Å². The van der Waals surface area contributed by atoms with E-state index in [-0.39, 0.29) is 30.8 Å². The first-order valence-electron chi connectivity index (χ1n) is 11.3. The monoisotopic (exact) mass is 462 g/mol. The van der Waals surface area contributed by atoms with Crippen molar-refractivity contribution in [2.24, 2.45) is 0 Å². The minimum atomic E-state index is -0.661. The summed E-state index contributed by atoms with van der Waals surface area (Å²) < 4.78 is 5.33. The fraction of sp³-hybridized carbons (Fsp3) is 0.360. The number of hydrogen-bond donors (Lipinski definition) is 1. The summed E-state index contributed by atoms with van der Waals surface area (Å²) in [7, 11) is 1.63. The Balaban J connectivity index is 1.37. The summed E-state index contributed by atoms with van der Waals surface area (Å²) >= 11 is 0. The first kappa shape index (κ1) is 22.1. The van der Waals surface area contributed by atoms with Crippen LogP contribution in [0.5, 0.6) is 0 Å². The van der Waals surface area contributed by atoms with E-state index in [2.05, 4.69) is 5.32 Å². The lowest BCUT2D eigenvalue weighted by Gasteiger charge is -2.29. The second-order valence-corrected chi connectivity index (χ2v) is 8.89. The third kappa shape index (κ3) is 3.71. The van der Waals surface area contributed by atoms with Gasteiger partial charge in [0.1, 0.15) is 6.04 Å². The highest BCUT2D eigenvalue weighted by molar-refractivity contribution is 6.08. The number of carbonyl (C=O) groups excluding carboxylic acids is 4. The molecule has 0 spiro atoms. The molecule has 3 aliphatic heterocycles. The number of anilines is 2. The third-order valence-electron chi connectivity index (χ3n) is 6.65. The van der Waals surface area contributed by atoms with Gasteiger partial charge in [-0.05, 0) is 43.2 Å². The fourth-order valence-electron chi connectivity index (χ4n) is 4.98. The average Bonchev–Trinajstić information content (AvgIpc) is 3.34. The molecule has 1 N–H and O–H groups in total. The van der Waals surface area contributed by atoms with Crippen molar-refractivity contribution in [2.45, 2.75) is 39.0 Å². The molecule has 0 radical (unpaired) electrons. The third-order valence-corrected chi connectivity index (χ3v) is 6.65. The van der Waals surface area contributed by atoms with Gasteiger partial charge in [0.25, 0.3) is 5.91 Å². The maximum atomic E-state index is 13.3. The molecule has 2 aromatic rings. The van der Waals surface area contributed by atoms with E-state index in [1.165, 1.54) is 4.90 Å². The zero-order valence-corrected chi connectivity index (χ0v) is 19.2. The molecule has 9 nitrogen and oxygen atoms in total. The molecule has 0 aliphatic carbocycles. The number of aryl methyl sites for hydroxylation is 1. The Labute approximate surface area is 197 Å². The second-order valence-electron chi connectivity index (χ2n) is 8.89.